The molecule has 2 heterocycles. The molecule has 7 heteroatoms. The van der Waals surface area contributed by atoms with Crippen LogP contribution in [0.5, 0.6) is 0 Å². The zero-order valence-electron chi connectivity index (χ0n) is 20.4. The molecule has 2 aliphatic carbocycles. The summed E-state index contributed by atoms with van der Waals surface area (Å²) in [5.41, 5.74) is 0.306. The molecule has 0 unspecified atom stereocenters. The highest BCUT2D eigenvalue weighted by Crippen LogP contribution is 2.46. The Kier molecular flexibility index (Phi) is 7.35. The van der Waals surface area contributed by atoms with E-state index < -0.39 is 12.0 Å². The third-order valence-electron chi connectivity index (χ3n) is 9.21. The van der Waals surface area contributed by atoms with Crippen molar-refractivity contribution in [3.63, 3.8) is 0 Å². The lowest BCUT2D eigenvalue weighted by molar-refractivity contribution is -0.0975. The van der Waals surface area contributed by atoms with Crippen LogP contribution in [0, 0.1) is 11.3 Å². The van der Waals surface area contributed by atoms with Gasteiger partial charge in [-0.1, -0.05) is 19.8 Å². The van der Waals surface area contributed by atoms with Gasteiger partial charge in [-0.05, 0) is 63.7 Å². The van der Waals surface area contributed by atoms with E-state index in [1.54, 1.807) is 4.90 Å². The molecule has 2 atom stereocenters. The van der Waals surface area contributed by atoms with Gasteiger partial charge in [-0.2, -0.15) is 0 Å². The first-order chi connectivity index (χ1) is 15.2. The summed E-state index contributed by atoms with van der Waals surface area (Å²) in [7, 11) is 0. The Morgan fingerprint density at radius 3 is 2.12 bits per heavy atom. The SMILES string of the molecule is CC(C)N1CCN([C@H]2CCCC(F)(F)[C@@H]2NC(=O)N2CCC(C)(C3CCCC3)CC2)CC1. The molecule has 0 radical (unpaired) electrons. The molecule has 184 valence electrons. The highest BCUT2D eigenvalue weighted by molar-refractivity contribution is 5.75. The van der Waals surface area contributed by atoms with Gasteiger partial charge >= 0.3 is 6.03 Å². The van der Waals surface area contributed by atoms with Gasteiger partial charge in [0.15, 0.2) is 0 Å². The van der Waals surface area contributed by atoms with Crippen LogP contribution in [0.4, 0.5) is 13.6 Å². The number of piperazine rings is 1. The Labute approximate surface area is 193 Å². The van der Waals surface area contributed by atoms with Crippen molar-refractivity contribution in [1.82, 2.24) is 20.0 Å². The number of carbonyl (C=O) groups excluding carboxylic acids is 1. The molecule has 2 saturated carbocycles. The monoisotopic (exact) mass is 454 g/mol. The molecule has 4 fully saturated rings. The van der Waals surface area contributed by atoms with Gasteiger partial charge in [0, 0.05) is 57.8 Å². The first-order valence-electron chi connectivity index (χ1n) is 13.1. The lowest BCUT2D eigenvalue weighted by Crippen LogP contribution is -2.66. The molecule has 4 aliphatic rings. The second kappa shape index (κ2) is 9.73. The zero-order valence-corrected chi connectivity index (χ0v) is 20.4. The normalized spacial score (nSPS) is 32.4. The van der Waals surface area contributed by atoms with Crippen LogP contribution in [-0.2, 0) is 0 Å². The summed E-state index contributed by atoms with van der Waals surface area (Å²) in [5.74, 6) is -2.08. The first kappa shape index (κ1) is 24.2. The van der Waals surface area contributed by atoms with Crippen LogP contribution < -0.4 is 5.32 Å². The van der Waals surface area contributed by atoms with Gasteiger partial charge in [0.25, 0.3) is 5.92 Å². The minimum atomic E-state index is -2.85. The standard InChI is InChI=1S/C25H44F2N4O/c1-19(2)29-15-17-30(18-16-29)21-9-6-10-25(26,27)22(21)28-23(32)31-13-11-24(3,12-14-31)20-7-4-5-8-20/h19-22H,4-18H2,1-3H3,(H,28,32)/t21-,22+/m0/s1. The third kappa shape index (κ3) is 5.08. The Balaban J connectivity index is 1.36. The van der Waals surface area contributed by atoms with Crippen LogP contribution in [0.15, 0.2) is 0 Å². The Morgan fingerprint density at radius 1 is 0.906 bits per heavy atom. The summed E-state index contributed by atoms with van der Waals surface area (Å²) < 4.78 is 30.1. The van der Waals surface area contributed by atoms with Crippen molar-refractivity contribution >= 4 is 6.03 Å². The Morgan fingerprint density at radius 2 is 1.53 bits per heavy atom. The Bertz CT molecular complexity index is 636. The van der Waals surface area contributed by atoms with E-state index >= 15 is 8.78 Å². The molecular formula is C25H44F2N4O. The summed E-state index contributed by atoms with van der Waals surface area (Å²) in [6, 6.07) is -1.16. The van der Waals surface area contributed by atoms with E-state index in [9.17, 15) is 4.79 Å². The van der Waals surface area contributed by atoms with Crippen LogP contribution in [0.3, 0.4) is 0 Å². The largest absolute Gasteiger partial charge is 0.328 e. The number of carbonyl (C=O) groups is 1. The molecule has 1 N–H and O–H groups in total. The van der Waals surface area contributed by atoms with Crippen LogP contribution in [0.1, 0.15) is 78.6 Å². The van der Waals surface area contributed by atoms with Gasteiger partial charge in [0.2, 0.25) is 0 Å². The molecule has 0 bridgehead atoms. The van der Waals surface area contributed by atoms with Crippen molar-refractivity contribution in [3.05, 3.63) is 0 Å². The quantitative estimate of drug-likeness (QED) is 0.676. The molecule has 0 aromatic carbocycles. The number of likely N-dealkylation sites (tertiary alicyclic amines) is 1. The van der Waals surface area contributed by atoms with Crippen LogP contribution in [0.2, 0.25) is 0 Å². The zero-order chi connectivity index (χ0) is 22.9. The number of hydrogen-bond acceptors (Lipinski definition) is 3. The first-order valence-corrected chi connectivity index (χ1v) is 13.1. The second-order valence-electron chi connectivity index (χ2n) is 11.4. The maximum absolute atomic E-state index is 15.1. The van der Waals surface area contributed by atoms with Crippen molar-refractivity contribution in [2.45, 2.75) is 103 Å². The molecule has 2 aliphatic heterocycles. The van der Waals surface area contributed by atoms with Gasteiger partial charge in [-0.3, -0.25) is 9.80 Å². The number of hydrogen-bond donors (Lipinski definition) is 1. The number of urea groups is 1. The van der Waals surface area contributed by atoms with E-state index in [1.807, 2.05) is 0 Å². The van der Waals surface area contributed by atoms with E-state index in [2.05, 4.69) is 35.9 Å². The molecule has 32 heavy (non-hydrogen) atoms. The van der Waals surface area contributed by atoms with E-state index in [4.69, 9.17) is 0 Å². The van der Waals surface area contributed by atoms with Gasteiger partial charge in [0.05, 0.1) is 0 Å². The second-order valence-corrected chi connectivity index (χ2v) is 11.4. The van der Waals surface area contributed by atoms with Crippen LogP contribution in [0.25, 0.3) is 0 Å². The number of rotatable bonds is 4. The van der Waals surface area contributed by atoms with Crippen molar-refractivity contribution in [1.29, 1.82) is 0 Å². The molecule has 5 nitrogen and oxygen atoms in total. The maximum Gasteiger partial charge on any atom is 0.317 e. The average molecular weight is 455 g/mol. The smallest absolute Gasteiger partial charge is 0.317 e. The summed E-state index contributed by atoms with van der Waals surface area (Å²) in [6.07, 6.45) is 8.40. The molecule has 2 saturated heterocycles. The highest BCUT2D eigenvalue weighted by atomic mass is 19.3. The molecular weight excluding hydrogens is 410 g/mol. The van der Waals surface area contributed by atoms with Crippen molar-refractivity contribution in [2.24, 2.45) is 11.3 Å². The van der Waals surface area contributed by atoms with Gasteiger partial charge in [-0.15, -0.1) is 0 Å². The fourth-order valence-corrected chi connectivity index (χ4v) is 6.81. The van der Waals surface area contributed by atoms with E-state index in [0.29, 0.717) is 31.0 Å². The predicted molar refractivity (Wildman–Crippen MR) is 124 cm³/mol. The summed E-state index contributed by atoms with van der Waals surface area (Å²) >= 11 is 0. The number of nitrogens with zero attached hydrogens (tertiary/aromatic N) is 3. The summed E-state index contributed by atoms with van der Waals surface area (Å²) in [5, 5.41) is 2.84. The summed E-state index contributed by atoms with van der Waals surface area (Å²) in [6.45, 7) is 11.5. The minimum Gasteiger partial charge on any atom is -0.328 e. The fraction of sp³-hybridized carbons (Fsp3) is 0.960. The summed E-state index contributed by atoms with van der Waals surface area (Å²) in [4.78, 5) is 19.5. The lowest BCUT2D eigenvalue weighted by atomic mass is 9.69. The number of piperidine rings is 1. The molecule has 4 rings (SSSR count). The Hall–Kier alpha value is -0.950. The van der Waals surface area contributed by atoms with E-state index in [-0.39, 0.29) is 18.5 Å². The van der Waals surface area contributed by atoms with Gasteiger partial charge < -0.3 is 10.2 Å². The van der Waals surface area contributed by atoms with E-state index in [0.717, 1.165) is 51.4 Å². The number of amides is 2. The van der Waals surface area contributed by atoms with Crippen molar-refractivity contribution in [3.8, 4) is 0 Å². The molecule has 2 amide bonds. The lowest BCUT2D eigenvalue weighted by Gasteiger charge is -2.48. The molecule has 0 aromatic heterocycles. The molecule has 0 aromatic rings. The van der Waals surface area contributed by atoms with Crippen molar-refractivity contribution in [2.75, 3.05) is 39.3 Å². The average Bonchev–Trinajstić information content (AvgIpc) is 3.31. The number of halogens is 2. The van der Waals surface area contributed by atoms with Crippen LogP contribution in [-0.4, -0.2) is 84.0 Å². The highest BCUT2D eigenvalue weighted by Gasteiger charge is 2.50. The molecule has 0 spiro atoms. The van der Waals surface area contributed by atoms with E-state index in [1.165, 1.54) is 25.7 Å². The number of alkyl halides is 2. The topological polar surface area (TPSA) is 38.8 Å². The minimum absolute atomic E-state index is 0.125. The van der Waals surface area contributed by atoms with Crippen molar-refractivity contribution < 1.29 is 13.6 Å². The van der Waals surface area contributed by atoms with Gasteiger partial charge in [0.1, 0.15) is 6.04 Å². The van der Waals surface area contributed by atoms with Gasteiger partial charge in [-0.25, -0.2) is 13.6 Å². The third-order valence-corrected chi connectivity index (χ3v) is 9.21. The maximum atomic E-state index is 15.1. The fourth-order valence-electron chi connectivity index (χ4n) is 6.81. The van der Waals surface area contributed by atoms with Crippen LogP contribution >= 0.6 is 0 Å². The predicted octanol–water partition coefficient (Wildman–Crippen LogP) is 4.57. The number of nitrogens with one attached hydrogen (secondary N) is 1.